The zero-order valence-electron chi connectivity index (χ0n) is 22.6. The molecule has 11 atom stereocenters. The first-order valence-electron chi connectivity index (χ1n) is 13.9. The first-order chi connectivity index (χ1) is 16.2. The van der Waals surface area contributed by atoms with Gasteiger partial charge < -0.3 is 19.3 Å². The molecule has 2 bridgehead atoms. The molecule has 0 aromatic rings. The maximum Gasteiger partial charge on any atom is 0.281 e. The van der Waals surface area contributed by atoms with E-state index in [2.05, 4.69) is 47.6 Å². The second-order valence-corrected chi connectivity index (χ2v) is 14.0. The normalized spacial score (nSPS) is 55.1. The summed E-state index contributed by atoms with van der Waals surface area (Å²) >= 11 is 0. The predicted octanol–water partition coefficient (Wildman–Crippen LogP) is 5.56. The summed E-state index contributed by atoms with van der Waals surface area (Å²) in [5.41, 5.74) is 0.472. The standard InChI is InChI=1S/C30H44O5/c1-17(24-16-29(6)26(2,3)34-30(7,33-24)35-29)20-8-9-21-25-22(11-13-28(20,21)5)27(4)12-10-19(31)14-18(27)15-23(25)32/h10,12,14,17,20-25,32H,8-9,11,13,15-16H2,1-7H3/t17-,20+,21+,22-,23+,24-,25+,27-,28+,29+,30-/m0/s1. The van der Waals surface area contributed by atoms with E-state index < -0.39 is 11.6 Å². The number of ether oxygens (including phenoxy) is 3. The van der Waals surface area contributed by atoms with Crippen molar-refractivity contribution in [2.24, 2.45) is 40.4 Å². The summed E-state index contributed by atoms with van der Waals surface area (Å²) in [7, 11) is 0. The molecule has 1 N–H and O–H groups in total. The lowest BCUT2D eigenvalue weighted by molar-refractivity contribution is -0.385. The first-order valence-corrected chi connectivity index (χ1v) is 13.9. The molecule has 3 saturated carbocycles. The van der Waals surface area contributed by atoms with Crippen LogP contribution in [-0.4, -0.2) is 40.3 Å². The Labute approximate surface area is 210 Å². The number of hydrogen-bond donors (Lipinski definition) is 1. The Bertz CT molecular complexity index is 995. The number of allylic oxidation sites excluding steroid dienone is 3. The average Bonchev–Trinajstić information content (AvgIpc) is 3.15. The first kappa shape index (κ1) is 24.3. The number of rotatable bonds is 2. The lowest BCUT2D eigenvalue weighted by Crippen LogP contribution is -2.56. The summed E-state index contributed by atoms with van der Waals surface area (Å²) in [5.74, 6) is 1.22. The van der Waals surface area contributed by atoms with E-state index in [9.17, 15) is 9.90 Å². The summed E-state index contributed by atoms with van der Waals surface area (Å²) in [6.07, 6.45) is 11.5. The van der Waals surface area contributed by atoms with Crippen molar-refractivity contribution in [2.45, 2.75) is 116 Å². The zero-order chi connectivity index (χ0) is 25.2. The largest absolute Gasteiger partial charge is 0.392 e. The lowest BCUT2D eigenvalue weighted by atomic mass is 9.46. The van der Waals surface area contributed by atoms with Crippen molar-refractivity contribution in [3.63, 3.8) is 0 Å². The van der Waals surface area contributed by atoms with Gasteiger partial charge in [0.05, 0.1) is 17.8 Å². The van der Waals surface area contributed by atoms with Crippen LogP contribution in [0.5, 0.6) is 0 Å². The highest BCUT2D eigenvalue weighted by molar-refractivity contribution is 6.01. The van der Waals surface area contributed by atoms with Crippen LogP contribution < -0.4 is 0 Å². The third-order valence-corrected chi connectivity index (χ3v) is 12.0. The van der Waals surface area contributed by atoms with Gasteiger partial charge >= 0.3 is 0 Å². The van der Waals surface area contributed by atoms with Gasteiger partial charge in [-0.25, -0.2) is 0 Å². The topological polar surface area (TPSA) is 65.0 Å². The maximum absolute atomic E-state index is 12.1. The van der Waals surface area contributed by atoms with Crippen LogP contribution in [0.25, 0.3) is 0 Å². The molecule has 194 valence electrons. The van der Waals surface area contributed by atoms with Crippen molar-refractivity contribution in [1.29, 1.82) is 0 Å². The van der Waals surface area contributed by atoms with E-state index in [4.69, 9.17) is 14.2 Å². The van der Waals surface area contributed by atoms with Gasteiger partial charge in [0.25, 0.3) is 5.97 Å². The Morgan fingerprint density at radius 1 is 1.03 bits per heavy atom. The summed E-state index contributed by atoms with van der Waals surface area (Å²) in [5, 5.41) is 11.4. The average molecular weight is 485 g/mol. The van der Waals surface area contributed by atoms with E-state index in [0.29, 0.717) is 30.1 Å². The van der Waals surface area contributed by atoms with Gasteiger partial charge in [-0.1, -0.05) is 32.4 Å². The summed E-state index contributed by atoms with van der Waals surface area (Å²) in [4.78, 5) is 12.1. The van der Waals surface area contributed by atoms with Gasteiger partial charge in [-0.15, -0.1) is 0 Å². The molecule has 0 radical (unpaired) electrons. The molecule has 2 aliphatic heterocycles. The fourth-order valence-electron chi connectivity index (χ4n) is 9.79. The number of hydrogen-bond acceptors (Lipinski definition) is 5. The van der Waals surface area contributed by atoms with Crippen LogP contribution in [0.2, 0.25) is 0 Å². The van der Waals surface area contributed by atoms with Gasteiger partial charge in [-0.05, 0) is 100 Å². The molecule has 35 heavy (non-hydrogen) atoms. The molecule has 5 fully saturated rings. The fourth-order valence-corrected chi connectivity index (χ4v) is 9.79. The van der Waals surface area contributed by atoms with Crippen LogP contribution in [0.1, 0.15) is 87.0 Å². The highest BCUT2D eigenvalue weighted by atomic mass is 16.9. The summed E-state index contributed by atoms with van der Waals surface area (Å²) in [6, 6.07) is 0. The smallest absolute Gasteiger partial charge is 0.281 e. The molecule has 4 aliphatic carbocycles. The Kier molecular flexibility index (Phi) is 5.08. The molecule has 0 aromatic heterocycles. The summed E-state index contributed by atoms with van der Waals surface area (Å²) < 4.78 is 19.1. The monoisotopic (exact) mass is 484 g/mol. The Morgan fingerprint density at radius 2 is 1.77 bits per heavy atom. The molecule has 0 aromatic carbocycles. The van der Waals surface area contributed by atoms with E-state index in [0.717, 1.165) is 18.4 Å². The summed E-state index contributed by atoms with van der Waals surface area (Å²) in [6.45, 7) is 15.5. The highest BCUT2D eigenvalue weighted by Crippen LogP contribution is 2.67. The van der Waals surface area contributed by atoms with Crippen molar-refractivity contribution < 1.29 is 24.1 Å². The van der Waals surface area contributed by atoms with Crippen molar-refractivity contribution in [3.8, 4) is 0 Å². The van der Waals surface area contributed by atoms with Gasteiger partial charge in [0, 0.05) is 18.8 Å². The molecule has 0 amide bonds. The Morgan fingerprint density at radius 3 is 2.49 bits per heavy atom. The molecular formula is C30H44O5. The maximum atomic E-state index is 12.1. The quantitative estimate of drug-likeness (QED) is 0.556. The lowest BCUT2D eigenvalue weighted by Gasteiger charge is -2.59. The molecule has 2 heterocycles. The van der Waals surface area contributed by atoms with Crippen LogP contribution >= 0.6 is 0 Å². The third kappa shape index (κ3) is 3.23. The van der Waals surface area contributed by atoms with Crippen molar-refractivity contribution in [3.05, 3.63) is 23.8 Å². The molecule has 5 nitrogen and oxygen atoms in total. The number of fused-ring (bicyclic) bond motifs is 7. The molecule has 2 saturated heterocycles. The van der Waals surface area contributed by atoms with Gasteiger partial charge in [0.1, 0.15) is 5.60 Å². The predicted molar refractivity (Wildman–Crippen MR) is 133 cm³/mol. The van der Waals surface area contributed by atoms with Crippen LogP contribution in [0.15, 0.2) is 23.8 Å². The molecular weight excluding hydrogens is 440 g/mol. The van der Waals surface area contributed by atoms with E-state index in [1.165, 1.54) is 19.3 Å². The Balaban J connectivity index is 1.27. The van der Waals surface area contributed by atoms with Gasteiger partial charge in [0.15, 0.2) is 5.78 Å². The fraction of sp³-hybridized carbons (Fsp3) is 0.833. The van der Waals surface area contributed by atoms with Crippen molar-refractivity contribution in [1.82, 2.24) is 0 Å². The minimum absolute atomic E-state index is 0.0681. The van der Waals surface area contributed by atoms with Crippen LogP contribution in [0.4, 0.5) is 0 Å². The van der Waals surface area contributed by atoms with Gasteiger partial charge in [-0.3, -0.25) is 4.79 Å². The van der Waals surface area contributed by atoms with Crippen molar-refractivity contribution in [2.75, 3.05) is 0 Å². The minimum atomic E-state index is -0.979. The van der Waals surface area contributed by atoms with Crippen LogP contribution in [0, 0.1) is 40.4 Å². The number of aliphatic hydroxyl groups is 1. The van der Waals surface area contributed by atoms with Crippen molar-refractivity contribution >= 4 is 5.78 Å². The van der Waals surface area contributed by atoms with Gasteiger partial charge in [0.2, 0.25) is 0 Å². The second kappa shape index (κ2) is 7.30. The van der Waals surface area contributed by atoms with E-state index >= 15 is 0 Å². The van der Waals surface area contributed by atoms with E-state index in [1.807, 2.05) is 6.92 Å². The Hall–Kier alpha value is -1.01. The minimum Gasteiger partial charge on any atom is -0.392 e. The number of carbonyl (C=O) groups is 1. The zero-order valence-corrected chi connectivity index (χ0v) is 22.6. The SMILES string of the molecule is C[C@H]([C@@H]1C[C@@]2(C)O[C@@](C)(O1)OC2(C)C)[C@H]1CC[C@@H]2[C@H]3[C@H](O)CC4=CC(=O)C=C[C@]4(C)[C@H]3CC[C@]12C. The second-order valence-electron chi connectivity index (χ2n) is 14.0. The van der Waals surface area contributed by atoms with E-state index in [-0.39, 0.29) is 40.3 Å². The third-order valence-electron chi connectivity index (χ3n) is 12.0. The molecule has 6 rings (SSSR count). The van der Waals surface area contributed by atoms with Gasteiger partial charge in [-0.2, -0.15) is 0 Å². The highest BCUT2D eigenvalue weighted by Gasteiger charge is 2.66. The number of carbonyl (C=O) groups excluding carboxylic acids is 1. The van der Waals surface area contributed by atoms with Crippen LogP contribution in [-0.2, 0) is 19.0 Å². The number of ketones is 1. The van der Waals surface area contributed by atoms with Crippen LogP contribution in [0.3, 0.4) is 0 Å². The molecule has 0 unspecified atom stereocenters. The number of aliphatic hydroxyl groups excluding tert-OH is 1. The molecule has 6 aliphatic rings. The van der Waals surface area contributed by atoms with E-state index in [1.54, 1.807) is 12.2 Å². The molecule has 5 heteroatoms. The molecule has 0 spiro atoms.